The molecule has 2 saturated heterocycles. The Bertz CT molecular complexity index is 653. The molecule has 0 N–H and O–H groups in total. The minimum absolute atomic E-state index is 0.0625. The van der Waals surface area contributed by atoms with Crippen LogP contribution in [-0.4, -0.2) is 47.3 Å². The number of rotatable bonds is 4. The van der Waals surface area contributed by atoms with Crippen LogP contribution in [0.5, 0.6) is 0 Å². The molecule has 1 aromatic rings. The molecule has 2 aliphatic rings. The Labute approximate surface area is 160 Å². The standard InChI is InChI=1S/C21H28N2O2S/c1-2-20(24)22-13-6-8-17(16-22)21(25)23-14-5-3-4-9-18(23)11-12-19-10-7-15-26-19/h2,7,10-12,15,17-18H,1,3-6,8-9,13-14,16H2/b12-11+. The maximum atomic E-state index is 13.3. The highest BCUT2D eigenvalue weighted by Gasteiger charge is 2.33. The fourth-order valence-electron chi connectivity index (χ4n) is 3.94. The van der Waals surface area contributed by atoms with E-state index >= 15 is 0 Å². The van der Waals surface area contributed by atoms with Crippen molar-refractivity contribution in [1.29, 1.82) is 0 Å². The van der Waals surface area contributed by atoms with Gasteiger partial charge in [-0.15, -0.1) is 11.3 Å². The first-order valence-corrected chi connectivity index (χ1v) is 10.5. The summed E-state index contributed by atoms with van der Waals surface area (Å²) in [6.07, 6.45) is 11.9. The molecule has 0 bridgehead atoms. The SMILES string of the molecule is C=CC(=O)N1CCCC(C(=O)N2CCCCCC2/C=C/c2cccs2)C1. The van der Waals surface area contributed by atoms with Gasteiger partial charge < -0.3 is 9.80 Å². The molecular weight excluding hydrogens is 344 g/mol. The normalized spacial score (nSPS) is 24.5. The van der Waals surface area contributed by atoms with Crippen LogP contribution in [0.3, 0.4) is 0 Å². The number of piperidine rings is 1. The van der Waals surface area contributed by atoms with Gasteiger partial charge >= 0.3 is 0 Å². The van der Waals surface area contributed by atoms with E-state index in [2.05, 4.69) is 35.1 Å². The summed E-state index contributed by atoms with van der Waals surface area (Å²) in [5.74, 6) is 0.0742. The molecule has 2 amide bonds. The Balaban J connectivity index is 1.71. The molecule has 140 valence electrons. The van der Waals surface area contributed by atoms with Crippen molar-refractivity contribution >= 4 is 29.2 Å². The molecule has 2 unspecified atom stereocenters. The zero-order chi connectivity index (χ0) is 18.4. The fourth-order valence-corrected chi connectivity index (χ4v) is 4.57. The van der Waals surface area contributed by atoms with Gasteiger partial charge in [-0.25, -0.2) is 0 Å². The second kappa shape index (κ2) is 9.17. The highest BCUT2D eigenvalue weighted by molar-refractivity contribution is 7.10. The first-order valence-electron chi connectivity index (χ1n) is 9.62. The van der Waals surface area contributed by atoms with Crippen LogP contribution in [0.15, 0.2) is 36.2 Å². The first kappa shape index (κ1) is 18.9. The molecule has 3 rings (SSSR count). The van der Waals surface area contributed by atoms with Crippen molar-refractivity contribution in [3.63, 3.8) is 0 Å². The largest absolute Gasteiger partial charge is 0.338 e. The Morgan fingerprint density at radius 1 is 1.15 bits per heavy atom. The van der Waals surface area contributed by atoms with Gasteiger partial charge in [-0.05, 0) is 49.3 Å². The molecular formula is C21H28N2O2S. The summed E-state index contributed by atoms with van der Waals surface area (Å²) in [5.41, 5.74) is 0. The van der Waals surface area contributed by atoms with Gasteiger partial charge in [0, 0.05) is 24.5 Å². The molecule has 4 nitrogen and oxygen atoms in total. The molecule has 5 heteroatoms. The molecule has 0 aliphatic carbocycles. The van der Waals surface area contributed by atoms with E-state index in [4.69, 9.17) is 0 Å². The number of amides is 2. The molecule has 2 aliphatic heterocycles. The molecule has 0 radical (unpaired) electrons. The summed E-state index contributed by atoms with van der Waals surface area (Å²) in [5, 5.41) is 2.07. The Morgan fingerprint density at radius 3 is 2.81 bits per heavy atom. The van der Waals surface area contributed by atoms with Gasteiger partial charge in [0.25, 0.3) is 0 Å². The third-order valence-electron chi connectivity index (χ3n) is 5.37. The predicted octanol–water partition coefficient (Wildman–Crippen LogP) is 3.96. The first-order chi connectivity index (χ1) is 12.7. The summed E-state index contributed by atoms with van der Waals surface area (Å²) in [6.45, 7) is 5.66. The van der Waals surface area contributed by atoms with Crippen molar-refractivity contribution < 1.29 is 9.59 Å². The van der Waals surface area contributed by atoms with Gasteiger partial charge in [0.15, 0.2) is 0 Å². The highest BCUT2D eigenvalue weighted by Crippen LogP contribution is 2.25. The Hall–Kier alpha value is -1.88. The van der Waals surface area contributed by atoms with E-state index in [1.54, 1.807) is 16.2 Å². The van der Waals surface area contributed by atoms with E-state index in [1.165, 1.54) is 17.4 Å². The summed E-state index contributed by atoms with van der Waals surface area (Å²) in [6, 6.07) is 4.31. The number of carbonyl (C=O) groups is 2. The maximum Gasteiger partial charge on any atom is 0.245 e. The number of hydrogen-bond donors (Lipinski definition) is 0. The summed E-state index contributed by atoms with van der Waals surface area (Å²) in [4.78, 5) is 30.3. The molecule has 3 heterocycles. The van der Waals surface area contributed by atoms with Crippen molar-refractivity contribution in [1.82, 2.24) is 9.80 Å². The van der Waals surface area contributed by atoms with Crippen LogP contribution in [-0.2, 0) is 9.59 Å². The second-order valence-corrected chi connectivity index (χ2v) is 8.13. The third-order valence-corrected chi connectivity index (χ3v) is 6.20. The van der Waals surface area contributed by atoms with Gasteiger partial charge in [-0.1, -0.05) is 31.6 Å². The topological polar surface area (TPSA) is 40.6 Å². The van der Waals surface area contributed by atoms with Crippen molar-refractivity contribution in [3.05, 3.63) is 41.1 Å². The molecule has 2 atom stereocenters. The number of thiophene rings is 1. The van der Waals surface area contributed by atoms with Gasteiger partial charge in [0.05, 0.1) is 12.0 Å². The lowest BCUT2D eigenvalue weighted by Gasteiger charge is -2.36. The average molecular weight is 373 g/mol. The van der Waals surface area contributed by atoms with Crippen LogP contribution in [0.25, 0.3) is 6.08 Å². The van der Waals surface area contributed by atoms with E-state index in [9.17, 15) is 9.59 Å². The van der Waals surface area contributed by atoms with Crippen molar-refractivity contribution in [2.75, 3.05) is 19.6 Å². The zero-order valence-electron chi connectivity index (χ0n) is 15.3. The monoisotopic (exact) mass is 372 g/mol. The van der Waals surface area contributed by atoms with Gasteiger partial charge in [0.1, 0.15) is 0 Å². The number of nitrogens with zero attached hydrogens (tertiary/aromatic N) is 2. The molecule has 2 fully saturated rings. The van der Waals surface area contributed by atoms with Gasteiger partial charge in [-0.3, -0.25) is 9.59 Å². The summed E-state index contributed by atoms with van der Waals surface area (Å²) < 4.78 is 0. The Morgan fingerprint density at radius 2 is 2.04 bits per heavy atom. The average Bonchev–Trinajstić information content (AvgIpc) is 3.09. The van der Waals surface area contributed by atoms with E-state index < -0.39 is 0 Å². The minimum atomic E-state index is -0.0802. The molecule has 0 spiro atoms. The van der Waals surface area contributed by atoms with E-state index in [0.29, 0.717) is 6.54 Å². The lowest BCUT2D eigenvalue weighted by molar-refractivity contribution is -0.140. The van der Waals surface area contributed by atoms with Crippen LogP contribution in [0.4, 0.5) is 0 Å². The number of hydrogen-bond acceptors (Lipinski definition) is 3. The van der Waals surface area contributed by atoms with Crippen molar-refractivity contribution in [3.8, 4) is 0 Å². The smallest absolute Gasteiger partial charge is 0.245 e. The van der Waals surface area contributed by atoms with Crippen LogP contribution in [0.2, 0.25) is 0 Å². The van der Waals surface area contributed by atoms with Gasteiger partial charge in [0.2, 0.25) is 11.8 Å². The zero-order valence-corrected chi connectivity index (χ0v) is 16.1. The molecule has 26 heavy (non-hydrogen) atoms. The number of likely N-dealkylation sites (tertiary alicyclic amines) is 2. The predicted molar refractivity (Wildman–Crippen MR) is 107 cm³/mol. The fraction of sp³-hybridized carbons (Fsp3) is 0.524. The van der Waals surface area contributed by atoms with E-state index in [0.717, 1.165) is 45.2 Å². The van der Waals surface area contributed by atoms with Crippen molar-refractivity contribution in [2.45, 2.75) is 44.6 Å². The second-order valence-electron chi connectivity index (χ2n) is 7.15. The lowest BCUT2D eigenvalue weighted by Crippen LogP contribution is -2.48. The van der Waals surface area contributed by atoms with E-state index in [-0.39, 0.29) is 23.8 Å². The lowest BCUT2D eigenvalue weighted by atomic mass is 9.95. The van der Waals surface area contributed by atoms with Crippen LogP contribution in [0, 0.1) is 5.92 Å². The van der Waals surface area contributed by atoms with Crippen LogP contribution in [0.1, 0.15) is 43.4 Å². The Kier molecular flexibility index (Phi) is 6.67. The highest BCUT2D eigenvalue weighted by atomic mass is 32.1. The van der Waals surface area contributed by atoms with Crippen LogP contribution < -0.4 is 0 Å². The molecule has 0 aromatic carbocycles. The number of carbonyl (C=O) groups excluding carboxylic acids is 2. The van der Waals surface area contributed by atoms with Crippen LogP contribution >= 0.6 is 11.3 Å². The van der Waals surface area contributed by atoms with E-state index in [1.807, 2.05) is 6.07 Å². The quantitative estimate of drug-likeness (QED) is 0.751. The van der Waals surface area contributed by atoms with Gasteiger partial charge in [-0.2, -0.15) is 0 Å². The third kappa shape index (κ3) is 4.64. The minimum Gasteiger partial charge on any atom is -0.338 e. The summed E-state index contributed by atoms with van der Waals surface area (Å²) in [7, 11) is 0. The maximum absolute atomic E-state index is 13.3. The molecule has 0 saturated carbocycles. The molecule has 1 aromatic heterocycles. The van der Waals surface area contributed by atoms with Crippen molar-refractivity contribution in [2.24, 2.45) is 5.92 Å². The summed E-state index contributed by atoms with van der Waals surface area (Å²) >= 11 is 1.72.